The van der Waals surface area contributed by atoms with Gasteiger partial charge >= 0.3 is 0 Å². The van der Waals surface area contributed by atoms with Crippen molar-refractivity contribution < 1.29 is 4.42 Å². The average molecular weight is 677 g/mol. The Morgan fingerprint density at radius 1 is 0.358 bits per heavy atom. The minimum absolute atomic E-state index is 0.870. The molecule has 0 saturated carbocycles. The third-order valence-electron chi connectivity index (χ3n) is 10.7. The van der Waals surface area contributed by atoms with Crippen molar-refractivity contribution in [2.45, 2.75) is 0 Å². The second-order valence-corrected chi connectivity index (χ2v) is 13.8. The Labute approximate surface area is 306 Å². The van der Waals surface area contributed by atoms with Crippen LogP contribution >= 0.6 is 0 Å². The molecule has 0 bridgehead atoms. The normalized spacial score (nSPS) is 11.8. The van der Waals surface area contributed by atoms with Gasteiger partial charge in [0.05, 0.1) is 16.7 Å². The van der Waals surface area contributed by atoms with Crippen molar-refractivity contribution in [3.05, 3.63) is 194 Å². The van der Waals surface area contributed by atoms with Gasteiger partial charge in [0, 0.05) is 44.0 Å². The van der Waals surface area contributed by atoms with Gasteiger partial charge in [-0.25, -0.2) is 0 Å². The first-order chi connectivity index (χ1) is 26.3. The van der Waals surface area contributed by atoms with Crippen molar-refractivity contribution in [3.8, 4) is 16.8 Å². The van der Waals surface area contributed by atoms with E-state index in [1.165, 1.54) is 43.5 Å². The monoisotopic (exact) mass is 676 g/mol. The van der Waals surface area contributed by atoms with Gasteiger partial charge in [-0.1, -0.05) is 133 Å². The molecule has 0 radical (unpaired) electrons. The summed E-state index contributed by atoms with van der Waals surface area (Å²) in [6, 6.07) is 69.7. The zero-order valence-electron chi connectivity index (χ0n) is 28.8. The van der Waals surface area contributed by atoms with Crippen molar-refractivity contribution in [2.75, 3.05) is 4.90 Å². The zero-order valence-corrected chi connectivity index (χ0v) is 28.8. The van der Waals surface area contributed by atoms with Gasteiger partial charge in [0.25, 0.3) is 0 Å². The highest BCUT2D eigenvalue weighted by atomic mass is 16.3. The quantitative estimate of drug-likeness (QED) is 0.181. The second kappa shape index (κ2) is 11.7. The molecule has 0 unspecified atom stereocenters. The van der Waals surface area contributed by atoms with Crippen LogP contribution in [-0.2, 0) is 0 Å². The fraction of sp³-hybridized carbons (Fsp3) is 0. The van der Waals surface area contributed by atoms with Crippen LogP contribution in [0.25, 0.3) is 82.1 Å². The number of anilines is 3. The van der Waals surface area contributed by atoms with Crippen LogP contribution in [0.15, 0.2) is 199 Å². The number of hydrogen-bond acceptors (Lipinski definition) is 2. The number of benzene rings is 9. The maximum Gasteiger partial charge on any atom is 0.159 e. The maximum absolute atomic E-state index is 6.87. The lowest BCUT2D eigenvalue weighted by Gasteiger charge is -2.26. The van der Waals surface area contributed by atoms with Gasteiger partial charge in [-0.2, -0.15) is 0 Å². The van der Waals surface area contributed by atoms with Crippen molar-refractivity contribution >= 4 is 82.4 Å². The molecule has 11 rings (SSSR count). The van der Waals surface area contributed by atoms with E-state index in [4.69, 9.17) is 4.42 Å². The van der Waals surface area contributed by atoms with Crippen LogP contribution in [0, 0.1) is 0 Å². The molecule has 53 heavy (non-hydrogen) atoms. The van der Waals surface area contributed by atoms with E-state index in [0.717, 1.165) is 55.6 Å². The van der Waals surface area contributed by atoms with E-state index in [0.29, 0.717) is 0 Å². The Kier molecular flexibility index (Phi) is 6.55. The topological polar surface area (TPSA) is 21.3 Å². The van der Waals surface area contributed by atoms with Crippen LogP contribution in [0.5, 0.6) is 0 Å². The Bertz CT molecular complexity index is 3130. The highest BCUT2D eigenvalue weighted by Gasteiger charge is 2.21. The standard InChI is InChI=1S/C50H32N2O/c1-2-13-36-32-40(29-25-33(36)11-1)51(48-22-10-19-44-45-30-26-35-12-3-4-16-41(35)49(45)53-50(44)48)38-27-23-34(24-28-38)37-14-9-15-39(31-37)52-46-20-7-5-17-42(46)43-18-6-8-21-47(43)52/h1-32H. The molecule has 2 aromatic heterocycles. The minimum Gasteiger partial charge on any atom is -0.453 e. The lowest BCUT2D eigenvalue weighted by atomic mass is 10.0. The molecule has 0 N–H and O–H groups in total. The van der Waals surface area contributed by atoms with Crippen LogP contribution < -0.4 is 4.90 Å². The van der Waals surface area contributed by atoms with Crippen LogP contribution in [0.4, 0.5) is 17.1 Å². The van der Waals surface area contributed by atoms with E-state index >= 15 is 0 Å². The van der Waals surface area contributed by atoms with E-state index in [9.17, 15) is 0 Å². The largest absolute Gasteiger partial charge is 0.453 e. The predicted molar refractivity (Wildman–Crippen MR) is 223 cm³/mol. The number of aromatic nitrogens is 1. The summed E-state index contributed by atoms with van der Waals surface area (Å²) in [6.45, 7) is 0. The maximum atomic E-state index is 6.87. The third kappa shape index (κ3) is 4.68. The van der Waals surface area contributed by atoms with Gasteiger partial charge in [-0.15, -0.1) is 0 Å². The molecule has 11 aromatic rings. The fourth-order valence-electron chi connectivity index (χ4n) is 8.26. The Morgan fingerprint density at radius 2 is 0.962 bits per heavy atom. The SMILES string of the molecule is c1cc(-c2ccc(N(c3ccc4ccccc4c3)c3cccc4c3oc3c5ccccc5ccc43)cc2)cc(-n2c3ccccc3c3ccccc32)c1. The van der Waals surface area contributed by atoms with Gasteiger partial charge in [0.15, 0.2) is 5.58 Å². The molecule has 248 valence electrons. The molecule has 0 aliphatic heterocycles. The number of furan rings is 1. The van der Waals surface area contributed by atoms with Crippen LogP contribution in [0.1, 0.15) is 0 Å². The Balaban J connectivity index is 1.06. The molecule has 3 heteroatoms. The lowest BCUT2D eigenvalue weighted by molar-refractivity contribution is 0.673. The number of nitrogens with zero attached hydrogens (tertiary/aromatic N) is 2. The zero-order chi connectivity index (χ0) is 34.9. The summed E-state index contributed by atoms with van der Waals surface area (Å²) in [5.41, 5.74) is 10.8. The molecule has 0 aliphatic carbocycles. The molecule has 3 nitrogen and oxygen atoms in total. The van der Waals surface area contributed by atoms with Gasteiger partial charge in [-0.05, 0) is 87.9 Å². The van der Waals surface area contributed by atoms with Crippen LogP contribution in [0.2, 0.25) is 0 Å². The summed E-state index contributed by atoms with van der Waals surface area (Å²) >= 11 is 0. The highest BCUT2D eigenvalue weighted by molar-refractivity contribution is 6.17. The third-order valence-corrected chi connectivity index (χ3v) is 10.7. The van der Waals surface area contributed by atoms with Gasteiger partial charge in [0.2, 0.25) is 0 Å². The van der Waals surface area contributed by atoms with Gasteiger partial charge in [0.1, 0.15) is 5.58 Å². The van der Waals surface area contributed by atoms with E-state index < -0.39 is 0 Å². The molecular formula is C50H32N2O. The summed E-state index contributed by atoms with van der Waals surface area (Å²) in [5, 5.41) is 9.45. The molecule has 2 heterocycles. The molecule has 0 fully saturated rings. The molecule has 0 saturated heterocycles. The second-order valence-electron chi connectivity index (χ2n) is 13.8. The van der Waals surface area contributed by atoms with E-state index in [-0.39, 0.29) is 0 Å². The first-order valence-corrected chi connectivity index (χ1v) is 18.1. The van der Waals surface area contributed by atoms with E-state index in [1.807, 2.05) is 0 Å². The summed E-state index contributed by atoms with van der Waals surface area (Å²) in [7, 11) is 0. The summed E-state index contributed by atoms with van der Waals surface area (Å²) in [5.74, 6) is 0. The lowest BCUT2D eigenvalue weighted by Crippen LogP contribution is -2.10. The summed E-state index contributed by atoms with van der Waals surface area (Å²) in [6.07, 6.45) is 0. The van der Waals surface area contributed by atoms with Crippen molar-refractivity contribution in [3.63, 3.8) is 0 Å². The Hall–Kier alpha value is -7.10. The molecule has 0 amide bonds. The van der Waals surface area contributed by atoms with Crippen molar-refractivity contribution in [1.82, 2.24) is 4.57 Å². The summed E-state index contributed by atoms with van der Waals surface area (Å²) < 4.78 is 9.24. The highest BCUT2D eigenvalue weighted by Crippen LogP contribution is 2.44. The van der Waals surface area contributed by atoms with Crippen LogP contribution in [-0.4, -0.2) is 4.57 Å². The number of fused-ring (bicyclic) bond motifs is 9. The Morgan fingerprint density at radius 3 is 1.75 bits per heavy atom. The fourth-order valence-corrected chi connectivity index (χ4v) is 8.26. The van der Waals surface area contributed by atoms with E-state index in [2.05, 4.69) is 204 Å². The van der Waals surface area contributed by atoms with Crippen LogP contribution in [0.3, 0.4) is 0 Å². The van der Waals surface area contributed by atoms with Crippen molar-refractivity contribution in [1.29, 1.82) is 0 Å². The number of hydrogen-bond donors (Lipinski definition) is 0. The predicted octanol–water partition coefficient (Wildman–Crippen LogP) is 14.1. The average Bonchev–Trinajstić information content (AvgIpc) is 3.78. The number of para-hydroxylation sites is 3. The molecule has 0 spiro atoms. The summed E-state index contributed by atoms with van der Waals surface area (Å²) in [4.78, 5) is 2.33. The molecule has 0 aliphatic rings. The number of rotatable bonds is 5. The molecular weight excluding hydrogens is 645 g/mol. The minimum atomic E-state index is 0.870. The van der Waals surface area contributed by atoms with Gasteiger partial charge < -0.3 is 13.9 Å². The first kappa shape index (κ1) is 29.6. The van der Waals surface area contributed by atoms with Crippen molar-refractivity contribution in [2.24, 2.45) is 0 Å². The smallest absolute Gasteiger partial charge is 0.159 e. The first-order valence-electron chi connectivity index (χ1n) is 18.1. The molecule has 9 aromatic carbocycles. The molecule has 0 atom stereocenters. The van der Waals surface area contributed by atoms with E-state index in [1.54, 1.807) is 0 Å². The van der Waals surface area contributed by atoms with Gasteiger partial charge in [-0.3, -0.25) is 0 Å².